The highest BCUT2D eigenvalue weighted by Crippen LogP contribution is 2.40. The fraction of sp³-hybridized carbons (Fsp3) is 0.571. The highest BCUT2D eigenvalue weighted by atomic mass is 28.3. The number of aryl methyl sites for hydroxylation is 1. The Kier molecular flexibility index (Phi) is 13.4. The van der Waals surface area contributed by atoms with Gasteiger partial charge in [-0.1, -0.05) is 82.6 Å². The molecule has 1 aliphatic carbocycles. The van der Waals surface area contributed by atoms with Crippen molar-refractivity contribution in [2.45, 2.75) is 123 Å². The molecule has 1 aliphatic rings. The van der Waals surface area contributed by atoms with Crippen molar-refractivity contribution in [3.05, 3.63) is 66.1 Å². The molecule has 0 atom stereocenters. The number of carbonyl (C=O) groups excluding carboxylic acids is 1. The lowest BCUT2D eigenvalue weighted by molar-refractivity contribution is -0.161. The van der Waals surface area contributed by atoms with Crippen LogP contribution in [0.3, 0.4) is 0 Å². The summed E-state index contributed by atoms with van der Waals surface area (Å²) in [7, 11) is -2.55. The Bertz CT molecular complexity index is 1760. The molecular formula is C42H63N5O4Si2. The molecule has 5 rings (SSSR count). The van der Waals surface area contributed by atoms with Crippen LogP contribution in [0, 0.1) is 5.92 Å². The number of aromatic nitrogens is 4. The molecule has 0 saturated heterocycles. The van der Waals surface area contributed by atoms with Gasteiger partial charge in [0.05, 0.1) is 22.9 Å². The first-order valence-corrected chi connectivity index (χ1v) is 27.0. The average molecular weight is 758 g/mol. The Morgan fingerprint density at radius 1 is 0.868 bits per heavy atom. The largest absolute Gasteiger partial charge is 0.460 e. The van der Waals surface area contributed by atoms with Crippen molar-refractivity contribution in [2.75, 3.05) is 31.6 Å². The molecule has 4 aromatic rings. The smallest absolute Gasteiger partial charge is 0.309 e. The van der Waals surface area contributed by atoms with E-state index in [0.717, 1.165) is 83.7 Å². The molecule has 53 heavy (non-hydrogen) atoms. The highest BCUT2D eigenvalue weighted by Gasteiger charge is 2.33. The van der Waals surface area contributed by atoms with Gasteiger partial charge in [-0.05, 0) is 76.6 Å². The van der Waals surface area contributed by atoms with E-state index in [9.17, 15) is 4.79 Å². The summed E-state index contributed by atoms with van der Waals surface area (Å²) in [5.41, 5.74) is 6.46. The third kappa shape index (κ3) is 11.6. The molecule has 9 nitrogen and oxygen atoms in total. The average Bonchev–Trinajstić information content (AvgIpc) is 3.47. The first-order chi connectivity index (χ1) is 25.0. The number of pyridine rings is 1. The number of hydrogen-bond donors (Lipinski definition) is 0. The molecule has 0 spiro atoms. The van der Waals surface area contributed by atoms with E-state index in [1.54, 1.807) is 0 Å². The molecule has 0 N–H and O–H groups in total. The van der Waals surface area contributed by atoms with Gasteiger partial charge in [0, 0.05) is 58.8 Å². The van der Waals surface area contributed by atoms with Crippen molar-refractivity contribution in [2.24, 2.45) is 5.92 Å². The van der Waals surface area contributed by atoms with Crippen molar-refractivity contribution < 1.29 is 19.0 Å². The fourth-order valence-corrected chi connectivity index (χ4v) is 8.20. The van der Waals surface area contributed by atoms with Crippen molar-refractivity contribution in [1.82, 2.24) is 19.6 Å². The van der Waals surface area contributed by atoms with Gasteiger partial charge in [-0.15, -0.1) is 5.10 Å². The fourth-order valence-electron chi connectivity index (χ4n) is 6.69. The normalized spacial score (nSPS) is 16.9. The lowest BCUT2D eigenvalue weighted by Crippen LogP contribution is -2.32. The van der Waals surface area contributed by atoms with E-state index in [1.165, 1.54) is 5.56 Å². The molecular weight excluding hydrogens is 695 g/mol. The van der Waals surface area contributed by atoms with Gasteiger partial charge in [-0.2, -0.15) is 0 Å². The molecule has 0 bridgehead atoms. The molecule has 1 saturated carbocycles. The van der Waals surface area contributed by atoms with E-state index in [1.807, 2.05) is 49.7 Å². The van der Waals surface area contributed by atoms with Gasteiger partial charge in [0.25, 0.3) is 0 Å². The lowest BCUT2D eigenvalue weighted by Gasteiger charge is -2.30. The van der Waals surface area contributed by atoms with Crippen LogP contribution in [0.1, 0.15) is 70.6 Å². The van der Waals surface area contributed by atoms with Crippen molar-refractivity contribution in [1.29, 1.82) is 0 Å². The SMILES string of the molecule is CCc1cn2nc(N(COCC[Si](C)(C)C)COCC[Si](C)(C)C)c(-c3ccc(-c4ccccc4)nc3)c2nc1C1CCC(C(=O)OC(C)(C)C)CC1. The molecule has 288 valence electrons. The van der Waals surface area contributed by atoms with Crippen LogP contribution in [-0.4, -0.2) is 74.0 Å². The molecule has 0 unspecified atom stereocenters. The van der Waals surface area contributed by atoms with E-state index >= 15 is 0 Å². The van der Waals surface area contributed by atoms with Gasteiger partial charge in [-0.25, -0.2) is 9.50 Å². The summed E-state index contributed by atoms with van der Waals surface area (Å²) in [5.74, 6) is 0.884. The summed E-state index contributed by atoms with van der Waals surface area (Å²) < 4.78 is 20.5. The topological polar surface area (TPSA) is 91.1 Å². The van der Waals surface area contributed by atoms with Crippen LogP contribution in [0.25, 0.3) is 28.0 Å². The monoisotopic (exact) mass is 757 g/mol. The minimum Gasteiger partial charge on any atom is -0.460 e. The van der Waals surface area contributed by atoms with Gasteiger partial charge in [0.15, 0.2) is 11.5 Å². The second-order valence-corrected chi connectivity index (χ2v) is 29.3. The number of esters is 1. The lowest BCUT2D eigenvalue weighted by atomic mass is 9.79. The zero-order valence-corrected chi connectivity index (χ0v) is 36.0. The number of benzene rings is 1. The maximum Gasteiger partial charge on any atom is 0.309 e. The summed E-state index contributed by atoms with van der Waals surface area (Å²) in [6, 6.07) is 16.6. The number of carbonyl (C=O) groups is 1. The van der Waals surface area contributed by atoms with E-state index in [2.05, 4.69) is 81.6 Å². The summed E-state index contributed by atoms with van der Waals surface area (Å²) >= 11 is 0. The summed E-state index contributed by atoms with van der Waals surface area (Å²) in [4.78, 5) is 25.5. The molecule has 1 fully saturated rings. The number of fused-ring (bicyclic) bond motifs is 1. The quantitative estimate of drug-likeness (QED) is 0.0483. The van der Waals surface area contributed by atoms with Crippen LogP contribution in [0.4, 0.5) is 5.82 Å². The number of nitrogens with zero attached hydrogens (tertiary/aromatic N) is 5. The Morgan fingerprint density at radius 2 is 1.49 bits per heavy atom. The van der Waals surface area contributed by atoms with Crippen LogP contribution in [0.2, 0.25) is 51.4 Å². The molecule has 0 aliphatic heterocycles. The predicted molar refractivity (Wildman–Crippen MR) is 222 cm³/mol. The van der Waals surface area contributed by atoms with Crippen LogP contribution in [-0.2, 0) is 25.4 Å². The van der Waals surface area contributed by atoms with E-state index < -0.39 is 21.7 Å². The molecule has 3 aromatic heterocycles. The zero-order valence-electron chi connectivity index (χ0n) is 34.0. The van der Waals surface area contributed by atoms with Crippen molar-refractivity contribution >= 4 is 33.6 Å². The number of anilines is 1. The minimum absolute atomic E-state index is 0.0684. The van der Waals surface area contributed by atoms with Gasteiger partial charge in [0.1, 0.15) is 19.1 Å². The van der Waals surface area contributed by atoms with Crippen molar-refractivity contribution in [3.63, 3.8) is 0 Å². The van der Waals surface area contributed by atoms with E-state index in [4.69, 9.17) is 29.3 Å². The molecule has 0 amide bonds. The molecule has 1 aromatic carbocycles. The Hall–Kier alpha value is -3.39. The minimum atomic E-state index is -1.27. The van der Waals surface area contributed by atoms with E-state index in [-0.39, 0.29) is 17.8 Å². The summed E-state index contributed by atoms with van der Waals surface area (Å²) in [5, 5.41) is 5.24. The second kappa shape index (κ2) is 17.4. The van der Waals surface area contributed by atoms with Gasteiger partial charge >= 0.3 is 5.97 Å². The Labute approximate surface area is 319 Å². The van der Waals surface area contributed by atoms with Crippen LogP contribution < -0.4 is 4.90 Å². The van der Waals surface area contributed by atoms with Crippen LogP contribution in [0.15, 0.2) is 54.9 Å². The number of rotatable bonds is 16. The number of hydrogen-bond acceptors (Lipinski definition) is 8. The van der Waals surface area contributed by atoms with Gasteiger partial charge in [0.2, 0.25) is 0 Å². The second-order valence-electron chi connectivity index (χ2n) is 18.1. The standard InChI is InChI=1S/C42H63N5O4Si2/c1-11-31-28-47-39(44-38(31)33-17-19-34(20-18-33)41(48)51-42(2,3)4)37(35-21-22-36(43-27-35)32-15-13-12-14-16-32)40(45-47)46(29-49-23-25-52(5,6)7)30-50-24-26-53(8,9)10/h12-16,21-22,27-28,33-34H,11,17-20,23-26,29-30H2,1-10H3. The van der Waals surface area contributed by atoms with Gasteiger partial charge < -0.3 is 19.1 Å². The third-order valence-corrected chi connectivity index (χ3v) is 13.3. The molecule has 11 heteroatoms. The highest BCUT2D eigenvalue weighted by molar-refractivity contribution is 6.76. The first kappa shape index (κ1) is 40.8. The van der Waals surface area contributed by atoms with E-state index in [0.29, 0.717) is 26.7 Å². The third-order valence-electron chi connectivity index (χ3n) is 9.84. The van der Waals surface area contributed by atoms with Crippen LogP contribution >= 0.6 is 0 Å². The summed E-state index contributed by atoms with van der Waals surface area (Å²) in [6.07, 6.45) is 8.33. The zero-order chi connectivity index (χ0) is 38.4. The first-order valence-electron chi connectivity index (χ1n) is 19.6. The van der Waals surface area contributed by atoms with Crippen molar-refractivity contribution in [3.8, 4) is 22.4 Å². The summed E-state index contributed by atoms with van der Waals surface area (Å²) in [6.45, 7) is 24.4. The molecule has 0 radical (unpaired) electrons. The van der Waals surface area contributed by atoms with Crippen LogP contribution in [0.5, 0.6) is 0 Å². The van der Waals surface area contributed by atoms with Gasteiger partial charge in [-0.3, -0.25) is 9.78 Å². The molecule has 3 heterocycles. The Balaban J connectivity index is 1.54. The maximum atomic E-state index is 12.9. The number of ether oxygens (including phenoxy) is 3. The maximum absolute atomic E-state index is 12.9. The predicted octanol–water partition coefficient (Wildman–Crippen LogP) is 10.1. The Morgan fingerprint density at radius 3 is 2.02 bits per heavy atom.